The molecule has 0 radical (unpaired) electrons. The normalized spacial score (nSPS) is 10.4. The summed E-state index contributed by atoms with van der Waals surface area (Å²) >= 11 is 3.03. The van der Waals surface area contributed by atoms with Crippen molar-refractivity contribution in [3.05, 3.63) is 58.3 Å². The van der Waals surface area contributed by atoms with Gasteiger partial charge < -0.3 is 5.32 Å². The number of rotatable bonds is 4. The predicted octanol–water partition coefficient (Wildman–Crippen LogP) is 3.78. The van der Waals surface area contributed by atoms with Crippen molar-refractivity contribution in [2.45, 2.75) is 6.42 Å². The summed E-state index contributed by atoms with van der Waals surface area (Å²) in [6, 6.07) is 6.06. The molecular formula is C13H11BrF2N2. The van der Waals surface area contributed by atoms with E-state index < -0.39 is 11.6 Å². The van der Waals surface area contributed by atoms with E-state index in [1.807, 2.05) is 12.1 Å². The number of pyridine rings is 1. The van der Waals surface area contributed by atoms with E-state index in [-0.39, 0.29) is 10.2 Å². The molecule has 2 rings (SSSR count). The highest BCUT2D eigenvalue weighted by atomic mass is 79.9. The zero-order chi connectivity index (χ0) is 13.0. The molecule has 1 heterocycles. The molecule has 0 spiro atoms. The highest BCUT2D eigenvalue weighted by molar-refractivity contribution is 9.10. The quantitative estimate of drug-likeness (QED) is 0.869. The van der Waals surface area contributed by atoms with Crippen LogP contribution >= 0.6 is 15.9 Å². The number of anilines is 1. The third-order valence-corrected chi connectivity index (χ3v) is 3.10. The van der Waals surface area contributed by atoms with Gasteiger partial charge in [-0.2, -0.15) is 0 Å². The molecule has 2 aromatic rings. The highest BCUT2D eigenvalue weighted by Gasteiger charge is 2.07. The van der Waals surface area contributed by atoms with Gasteiger partial charge >= 0.3 is 0 Å². The zero-order valence-electron chi connectivity index (χ0n) is 9.46. The minimum Gasteiger partial charge on any atom is -0.382 e. The highest BCUT2D eigenvalue weighted by Crippen LogP contribution is 2.23. The Kier molecular flexibility index (Phi) is 4.25. The molecule has 2 nitrogen and oxygen atoms in total. The lowest BCUT2D eigenvalue weighted by Crippen LogP contribution is -2.06. The van der Waals surface area contributed by atoms with E-state index in [4.69, 9.17) is 0 Å². The minimum absolute atomic E-state index is 0.246. The smallest absolute Gasteiger partial charge is 0.149 e. The first kappa shape index (κ1) is 13.0. The molecular weight excluding hydrogens is 302 g/mol. The van der Waals surface area contributed by atoms with Crippen LogP contribution in [0.2, 0.25) is 0 Å². The molecule has 0 unspecified atom stereocenters. The van der Waals surface area contributed by atoms with Gasteiger partial charge in [-0.1, -0.05) is 0 Å². The van der Waals surface area contributed by atoms with Crippen molar-refractivity contribution in [3.8, 4) is 0 Å². The molecule has 1 N–H and O–H groups in total. The monoisotopic (exact) mass is 312 g/mol. The van der Waals surface area contributed by atoms with Crippen molar-refractivity contribution in [1.29, 1.82) is 0 Å². The summed E-state index contributed by atoms with van der Waals surface area (Å²) in [7, 11) is 0. The van der Waals surface area contributed by atoms with E-state index in [9.17, 15) is 8.78 Å². The molecule has 94 valence electrons. The van der Waals surface area contributed by atoms with Gasteiger partial charge in [-0.25, -0.2) is 8.78 Å². The Morgan fingerprint density at radius 3 is 2.56 bits per heavy atom. The molecule has 0 saturated heterocycles. The van der Waals surface area contributed by atoms with E-state index in [0.29, 0.717) is 6.54 Å². The van der Waals surface area contributed by atoms with Crippen molar-refractivity contribution < 1.29 is 8.78 Å². The van der Waals surface area contributed by atoms with Gasteiger partial charge in [0.1, 0.15) is 11.6 Å². The predicted molar refractivity (Wildman–Crippen MR) is 70.5 cm³/mol. The van der Waals surface area contributed by atoms with Gasteiger partial charge in [-0.15, -0.1) is 0 Å². The number of hydrogen-bond donors (Lipinski definition) is 1. The minimum atomic E-state index is -0.604. The molecule has 5 heteroatoms. The summed E-state index contributed by atoms with van der Waals surface area (Å²) in [5.41, 5.74) is 1.40. The summed E-state index contributed by atoms with van der Waals surface area (Å²) in [6.45, 7) is 0.568. The van der Waals surface area contributed by atoms with Gasteiger partial charge in [-0.3, -0.25) is 4.98 Å². The van der Waals surface area contributed by atoms with Crippen LogP contribution in [-0.4, -0.2) is 11.5 Å². The summed E-state index contributed by atoms with van der Waals surface area (Å²) in [5.74, 6) is -1.20. The van der Waals surface area contributed by atoms with Crippen LogP contribution in [0, 0.1) is 11.6 Å². The summed E-state index contributed by atoms with van der Waals surface area (Å²) < 4.78 is 26.7. The van der Waals surface area contributed by atoms with Crippen LogP contribution in [0.15, 0.2) is 41.1 Å². The first-order valence-corrected chi connectivity index (χ1v) is 6.23. The van der Waals surface area contributed by atoms with Crippen LogP contribution in [0.3, 0.4) is 0 Å². The second-order valence-electron chi connectivity index (χ2n) is 3.78. The first-order chi connectivity index (χ1) is 8.66. The largest absolute Gasteiger partial charge is 0.382 e. The fraction of sp³-hybridized carbons (Fsp3) is 0.154. The van der Waals surface area contributed by atoms with Crippen molar-refractivity contribution >= 4 is 21.6 Å². The van der Waals surface area contributed by atoms with E-state index >= 15 is 0 Å². The van der Waals surface area contributed by atoms with Crippen LogP contribution in [0.1, 0.15) is 5.56 Å². The Hall–Kier alpha value is -1.49. The zero-order valence-corrected chi connectivity index (χ0v) is 11.0. The standard InChI is InChI=1S/C13H11BrF2N2/c14-10-7-13(12(16)8-11(10)15)18-6-3-9-1-4-17-5-2-9/h1-2,4-5,7-8,18H,3,6H2. The Bertz CT molecular complexity index is 532. The van der Waals surface area contributed by atoms with Gasteiger partial charge in [0, 0.05) is 25.0 Å². The van der Waals surface area contributed by atoms with Crippen LogP contribution in [0.25, 0.3) is 0 Å². The second-order valence-corrected chi connectivity index (χ2v) is 4.63. The SMILES string of the molecule is Fc1cc(F)c(NCCc2ccncc2)cc1Br. The maximum absolute atomic E-state index is 13.4. The number of hydrogen-bond acceptors (Lipinski definition) is 2. The molecule has 0 fully saturated rings. The van der Waals surface area contributed by atoms with E-state index in [0.717, 1.165) is 18.1 Å². The summed E-state index contributed by atoms with van der Waals surface area (Å²) in [6.07, 6.45) is 4.17. The van der Waals surface area contributed by atoms with Gasteiger partial charge in [-0.05, 0) is 46.1 Å². The Labute approximate surface area is 112 Å². The number of nitrogens with zero attached hydrogens (tertiary/aromatic N) is 1. The lowest BCUT2D eigenvalue weighted by Gasteiger charge is -2.08. The van der Waals surface area contributed by atoms with Crippen molar-refractivity contribution in [1.82, 2.24) is 4.98 Å². The van der Waals surface area contributed by atoms with Gasteiger partial charge in [0.15, 0.2) is 0 Å². The molecule has 18 heavy (non-hydrogen) atoms. The van der Waals surface area contributed by atoms with Crippen molar-refractivity contribution in [2.24, 2.45) is 0 Å². The lowest BCUT2D eigenvalue weighted by molar-refractivity contribution is 0.580. The fourth-order valence-corrected chi connectivity index (χ4v) is 1.89. The van der Waals surface area contributed by atoms with Gasteiger partial charge in [0.05, 0.1) is 10.2 Å². The second kappa shape index (κ2) is 5.91. The molecule has 0 saturated carbocycles. The summed E-state index contributed by atoms with van der Waals surface area (Å²) in [5, 5.41) is 2.94. The van der Waals surface area contributed by atoms with E-state index in [1.54, 1.807) is 12.4 Å². The van der Waals surface area contributed by atoms with Crippen molar-refractivity contribution in [3.63, 3.8) is 0 Å². The molecule has 1 aromatic heterocycles. The number of nitrogens with one attached hydrogen (secondary N) is 1. The van der Waals surface area contributed by atoms with E-state index in [2.05, 4.69) is 26.2 Å². The van der Waals surface area contributed by atoms with Gasteiger partial charge in [0.2, 0.25) is 0 Å². The Balaban J connectivity index is 1.97. The molecule has 0 amide bonds. The molecule has 0 aliphatic carbocycles. The lowest BCUT2D eigenvalue weighted by atomic mass is 10.2. The molecule has 0 bridgehead atoms. The van der Waals surface area contributed by atoms with Crippen LogP contribution in [0.5, 0.6) is 0 Å². The Morgan fingerprint density at radius 1 is 1.11 bits per heavy atom. The Morgan fingerprint density at radius 2 is 1.83 bits per heavy atom. The summed E-state index contributed by atoms with van der Waals surface area (Å²) in [4.78, 5) is 3.92. The number of aromatic nitrogens is 1. The third-order valence-electron chi connectivity index (χ3n) is 2.49. The van der Waals surface area contributed by atoms with Gasteiger partial charge in [0.25, 0.3) is 0 Å². The maximum Gasteiger partial charge on any atom is 0.149 e. The average molecular weight is 313 g/mol. The molecule has 1 aromatic carbocycles. The fourth-order valence-electron chi connectivity index (χ4n) is 1.55. The third kappa shape index (κ3) is 3.26. The van der Waals surface area contributed by atoms with Crippen LogP contribution in [0.4, 0.5) is 14.5 Å². The first-order valence-electron chi connectivity index (χ1n) is 5.44. The molecule has 0 atom stereocenters. The van der Waals surface area contributed by atoms with E-state index in [1.165, 1.54) is 6.07 Å². The maximum atomic E-state index is 13.4. The average Bonchev–Trinajstić information content (AvgIpc) is 2.37. The molecule has 0 aliphatic heterocycles. The number of halogens is 3. The van der Waals surface area contributed by atoms with Crippen LogP contribution in [-0.2, 0) is 6.42 Å². The van der Waals surface area contributed by atoms with Crippen molar-refractivity contribution in [2.75, 3.05) is 11.9 Å². The topological polar surface area (TPSA) is 24.9 Å². The number of benzene rings is 1. The molecule has 0 aliphatic rings. The van der Waals surface area contributed by atoms with Crippen LogP contribution < -0.4 is 5.32 Å².